The van der Waals surface area contributed by atoms with Crippen LogP contribution in [-0.4, -0.2) is 71.9 Å². The Morgan fingerprint density at radius 1 is 1.14 bits per heavy atom. The Hall–Kier alpha value is -2.65. The largest absolute Gasteiger partial charge is 0.351 e. The fraction of sp³-hybridized carbons (Fsp3) is 0.360. The van der Waals surface area contributed by atoms with Crippen LogP contribution in [0.1, 0.15) is 16.7 Å². The Labute approximate surface area is 216 Å². The zero-order valence-corrected chi connectivity index (χ0v) is 21.3. The van der Waals surface area contributed by atoms with Gasteiger partial charge in [0.15, 0.2) is 0 Å². The lowest BCUT2D eigenvalue weighted by atomic mass is 9.99. The number of primary amides is 1. The molecule has 7 nitrogen and oxygen atoms in total. The van der Waals surface area contributed by atoms with Crippen molar-refractivity contribution in [2.75, 3.05) is 38.5 Å². The Bertz CT molecular complexity index is 1100. The summed E-state index contributed by atoms with van der Waals surface area (Å²) in [4.78, 5) is 31.3. The van der Waals surface area contributed by atoms with Gasteiger partial charge in [-0.1, -0.05) is 23.7 Å². The number of halogens is 3. The predicted molar refractivity (Wildman–Crippen MR) is 139 cm³/mol. The van der Waals surface area contributed by atoms with Gasteiger partial charge < -0.3 is 20.9 Å². The Morgan fingerprint density at radius 2 is 1.77 bits per heavy atom. The molecule has 2 aromatic rings. The van der Waals surface area contributed by atoms with Gasteiger partial charge in [-0.2, -0.15) is 0 Å². The van der Waals surface area contributed by atoms with Crippen molar-refractivity contribution < 1.29 is 14.0 Å². The summed E-state index contributed by atoms with van der Waals surface area (Å²) in [5.74, 6) is -0.309. The Kier molecular flexibility index (Phi) is 8.77. The minimum Gasteiger partial charge on any atom is -0.351 e. The Morgan fingerprint density at radius 3 is 2.37 bits per heavy atom. The zero-order valence-electron chi connectivity index (χ0n) is 19.7. The van der Waals surface area contributed by atoms with Crippen molar-refractivity contribution in [3.8, 4) is 0 Å². The van der Waals surface area contributed by atoms with E-state index in [1.165, 1.54) is 12.1 Å². The average Bonchev–Trinajstić information content (AvgIpc) is 2.75. The number of aryl methyl sites for hydroxylation is 1. The SMILES string of the molecule is Cc1cc(/C=C/C(=O)N2C3CN(C)CC2CN(Cc2ccc(F)cc2)C3)c(NC(N)=O)cc1Cl.Cl. The molecule has 10 heteroatoms. The molecule has 2 aromatic carbocycles. The molecule has 4 rings (SSSR count). The van der Waals surface area contributed by atoms with E-state index in [2.05, 4.69) is 22.2 Å². The number of hydrogen-bond donors (Lipinski definition) is 2. The maximum atomic E-state index is 13.3. The highest BCUT2D eigenvalue weighted by Crippen LogP contribution is 2.28. The first-order valence-corrected chi connectivity index (χ1v) is 11.6. The first-order valence-electron chi connectivity index (χ1n) is 11.2. The summed E-state index contributed by atoms with van der Waals surface area (Å²) in [5.41, 5.74) is 8.28. The lowest BCUT2D eigenvalue weighted by Crippen LogP contribution is -2.68. The average molecular weight is 522 g/mol. The highest BCUT2D eigenvalue weighted by atomic mass is 35.5. The van der Waals surface area contributed by atoms with Crippen LogP contribution in [0, 0.1) is 12.7 Å². The van der Waals surface area contributed by atoms with Crippen LogP contribution in [-0.2, 0) is 11.3 Å². The summed E-state index contributed by atoms with van der Waals surface area (Å²) in [7, 11) is 2.07. The first-order chi connectivity index (χ1) is 16.2. The summed E-state index contributed by atoms with van der Waals surface area (Å²) < 4.78 is 13.3. The molecule has 188 valence electrons. The van der Waals surface area contributed by atoms with Crippen LogP contribution in [0.25, 0.3) is 6.08 Å². The van der Waals surface area contributed by atoms with E-state index < -0.39 is 6.03 Å². The van der Waals surface area contributed by atoms with Gasteiger partial charge in [-0.05, 0) is 61.0 Å². The van der Waals surface area contributed by atoms with E-state index in [9.17, 15) is 14.0 Å². The third-order valence-electron chi connectivity index (χ3n) is 6.34. The highest BCUT2D eigenvalue weighted by Gasteiger charge is 2.41. The first kappa shape index (κ1) is 26.9. The van der Waals surface area contributed by atoms with Gasteiger partial charge in [-0.3, -0.25) is 9.69 Å². The highest BCUT2D eigenvalue weighted by molar-refractivity contribution is 6.31. The van der Waals surface area contributed by atoms with E-state index in [1.54, 1.807) is 18.2 Å². The predicted octanol–water partition coefficient (Wildman–Crippen LogP) is 3.74. The van der Waals surface area contributed by atoms with Crippen molar-refractivity contribution in [3.63, 3.8) is 0 Å². The van der Waals surface area contributed by atoms with Crippen molar-refractivity contribution in [2.24, 2.45) is 5.73 Å². The minimum atomic E-state index is -0.698. The molecule has 3 amide bonds. The monoisotopic (exact) mass is 521 g/mol. The van der Waals surface area contributed by atoms with Gasteiger partial charge in [0.2, 0.25) is 5.91 Å². The van der Waals surface area contributed by atoms with E-state index >= 15 is 0 Å². The Balaban J connectivity index is 0.00000342. The molecular weight excluding hydrogens is 492 g/mol. The van der Waals surface area contributed by atoms with Gasteiger partial charge in [0.1, 0.15) is 5.82 Å². The second-order valence-corrected chi connectivity index (χ2v) is 9.51. The molecule has 2 atom stereocenters. The van der Waals surface area contributed by atoms with Crippen LogP contribution in [0.2, 0.25) is 5.02 Å². The van der Waals surface area contributed by atoms with Crippen LogP contribution < -0.4 is 11.1 Å². The van der Waals surface area contributed by atoms with Crippen LogP contribution in [0.5, 0.6) is 0 Å². The van der Waals surface area contributed by atoms with Crippen LogP contribution in [0.15, 0.2) is 42.5 Å². The standard InChI is InChI=1S/C25H29ClFN5O2.ClH/c1-16-9-18(23(10-22(16)26)29-25(28)34)5-8-24(33)32-20-12-30(2)13-21(32)15-31(14-20)11-17-3-6-19(27)7-4-17;/h3-10,20-21H,11-15H2,1-2H3,(H3,28,29,34);1H/b8-5+;. The van der Waals surface area contributed by atoms with E-state index in [0.717, 1.165) is 43.9 Å². The third-order valence-corrected chi connectivity index (χ3v) is 6.74. The molecule has 2 aliphatic heterocycles. The number of nitrogens with one attached hydrogen (secondary N) is 1. The van der Waals surface area contributed by atoms with Gasteiger partial charge in [0.25, 0.3) is 0 Å². The summed E-state index contributed by atoms with van der Waals surface area (Å²) >= 11 is 6.19. The third kappa shape index (κ3) is 6.52. The van der Waals surface area contributed by atoms with Crippen molar-refractivity contribution in [1.82, 2.24) is 14.7 Å². The quantitative estimate of drug-likeness (QED) is 0.587. The smallest absolute Gasteiger partial charge is 0.316 e. The molecule has 0 aliphatic carbocycles. The number of carbonyl (C=O) groups is 2. The van der Waals surface area contributed by atoms with E-state index in [-0.39, 0.29) is 36.2 Å². The van der Waals surface area contributed by atoms with Crippen molar-refractivity contribution in [1.29, 1.82) is 0 Å². The number of piperazine rings is 2. The molecule has 0 spiro atoms. The molecule has 3 N–H and O–H groups in total. The van der Waals surface area contributed by atoms with Crippen LogP contribution >= 0.6 is 24.0 Å². The van der Waals surface area contributed by atoms with Crippen LogP contribution in [0.3, 0.4) is 0 Å². The number of hydrogen-bond acceptors (Lipinski definition) is 4. The van der Waals surface area contributed by atoms with Crippen molar-refractivity contribution >= 4 is 47.7 Å². The lowest BCUT2D eigenvalue weighted by molar-refractivity contribution is -0.140. The van der Waals surface area contributed by atoms with E-state index in [4.69, 9.17) is 17.3 Å². The molecule has 2 bridgehead atoms. The summed E-state index contributed by atoms with van der Waals surface area (Å²) in [6.07, 6.45) is 3.25. The number of nitrogens with two attached hydrogens (primary N) is 1. The number of nitrogens with zero attached hydrogens (tertiary/aromatic N) is 3. The molecular formula is C25H30Cl2FN5O2. The van der Waals surface area contributed by atoms with Gasteiger partial charge >= 0.3 is 6.03 Å². The number of likely N-dealkylation sites (N-methyl/N-ethyl adjacent to an activating group) is 1. The number of fused-ring (bicyclic) bond motifs is 2. The molecule has 2 saturated heterocycles. The maximum Gasteiger partial charge on any atom is 0.316 e. The van der Waals surface area contributed by atoms with Crippen molar-refractivity contribution in [3.05, 3.63) is 70.0 Å². The topological polar surface area (TPSA) is 81.9 Å². The number of anilines is 1. The number of benzene rings is 2. The van der Waals surface area contributed by atoms with Crippen LogP contribution in [0.4, 0.5) is 14.9 Å². The molecule has 35 heavy (non-hydrogen) atoms. The van der Waals surface area contributed by atoms with Crippen molar-refractivity contribution in [2.45, 2.75) is 25.6 Å². The molecule has 2 heterocycles. The molecule has 0 radical (unpaired) electrons. The van der Waals surface area contributed by atoms with Gasteiger partial charge in [-0.25, -0.2) is 9.18 Å². The lowest BCUT2D eigenvalue weighted by Gasteiger charge is -2.52. The van der Waals surface area contributed by atoms with E-state index in [0.29, 0.717) is 16.3 Å². The second-order valence-electron chi connectivity index (χ2n) is 9.11. The van der Waals surface area contributed by atoms with Gasteiger partial charge in [0, 0.05) is 43.8 Å². The number of amides is 3. The molecule has 2 aliphatic rings. The maximum absolute atomic E-state index is 13.3. The van der Waals surface area contributed by atoms with E-state index in [1.807, 2.05) is 30.0 Å². The number of rotatable bonds is 5. The number of urea groups is 1. The summed E-state index contributed by atoms with van der Waals surface area (Å²) in [6, 6.07) is 9.41. The fourth-order valence-electron chi connectivity index (χ4n) is 4.90. The fourth-order valence-corrected chi connectivity index (χ4v) is 5.06. The summed E-state index contributed by atoms with van der Waals surface area (Å²) in [5, 5.41) is 3.07. The molecule has 2 fully saturated rings. The zero-order chi connectivity index (χ0) is 24.4. The summed E-state index contributed by atoms with van der Waals surface area (Å²) in [6.45, 7) is 5.63. The normalized spacial score (nSPS) is 20.5. The number of carbonyl (C=O) groups excluding carboxylic acids is 2. The van der Waals surface area contributed by atoms with Gasteiger partial charge in [0.05, 0.1) is 17.8 Å². The molecule has 0 aromatic heterocycles. The molecule has 0 saturated carbocycles. The molecule has 2 unspecified atom stereocenters. The second kappa shape index (κ2) is 11.4. The minimum absolute atomic E-state index is 0. The van der Waals surface area contributed by atoms with Gasteiger partial charge in [-0.15, -0.1) is 12.4 Å².